The molecule has 0 amide bonds. The summed E-state index contributed by atoms with van der Waals surface area (Å²) in [5, 5.41) is 9.77. The molecule has 5 nitrogen and oxygen atoms in total. The van der Waals surface area contributed by atoms with Gasteiger partial charge in [-0.15, -0.1) is 0 Å². The van der Waals surface area contributed by atoms with Crippen LogP contribution in [0.15, 0.2) is 77.3 Å². The van der Waals surface area contributed by atoms with E-state index < -0.39 is 0 Å². The number of fused-ring (bicyclic) bond motifs is 2. The Morgan fingerprint density at radius 3 is 2.64 bits per heavy atom. The summed E-state index contributed by atoms with van der Waals surface area (Å²) >= 11 is 3.25. The van der Waals surface area contributed by atoms with Gasteiger partial charge in [0.2, 0.25) is 0 Å². The van der Waals surface area contributed by atoms with Gasteiger partial charge in [-0.1, -0.05) is 35.7 Å². The lowest BCUT2D eigenvalue weighted by atomic mass is 10.1. The number of hydrogen-bond donors (Lipinski definition) is 1. The van der Waals surface area contributed by atoms with Crippen molar-refractivity contribution in [3.05, 3.63) is 58.8 Å². The van der Waals surface area contributed by atoms with E-state index in [1.807, 2.05) is 29.2 Å². The number of anilines is 1. The van der Waals surface area contributed by atoms with E-state index in [2.05, 4.69) is 0 Å². The third-order valence-electron chi connectivity index (χ3n) is 4.68. The molecule has 1 saturated heterocycles. The number of phenolic OH excluding ortho intramolecular Hbond substituents is 1. The van der Waals surface area contributed by atoms with E-state index in [-0.39, 0.29) is 11.2 Å². The molecule has 0 radical (unpaired) electrons. The topological polar surface area (TPSA) is 62.9 Å². The second-order valence-corrected chi connectivity index (χ2v) is 8.70. The highest BCUT2D eigenvalue weighted by molar-refractivity contribution is 8.05. The highest BCUT2D eigenvalue weighted by Gasteiger charge is 2.23. The van der Waals surface area contributed by atoms with Gasteiger partial charge in [0, 0.05) is 50.4 Å². The fraction of sp³-hybridized carbons (Fsp3) is 0.190. The minimum atomic E-state index is -0.0703. The molecule has 2 aliphatic rings. The van der Waals surface area contributed by atoms with Crippen LogP contribution in [0, 0.1) is 0 Å². The van der Waals surface area contributed by atoms with E-state index in [4.69, 9.17) is 9.15 Å². The van der Waals surface area contributed by atoms with Gasteiger partial charge in [-0.3, -0.25) is 4.79 Å². The fourth-order valence-electron chi connectivity index (χ4n) is 3.32. The first-order valence-corrected chi connectivity index (χ1v) is 10.6. The van der Waals surface area contributed by atoms with Crippen LogP contribution in [0.25, 0.3) is 11.3 Å². The lowest BCUT2D eigenvalue weighted by Gasteiger charge is -2.27. The number of hydrogen-bond acceptors (Lipinski definition) is 7. The molecule has 0 bridgehead atoms. The van der Waals surface area contributed by atoms with Gasteiger partial charge >= 0.3 is 0 Å². The number of ether oxygens (including phenoxy) is 1. The molecule has 0 spiro atoms. The summed E-state index contributed by atoms with van der Waals surface area (Å²) < 4.78 is 11.6. The van der Waals surface area contributed by atoms with Gasteiger partial charge in [-0.05, 0) is 24.3 Å². The highest BCUT2D eigenvalue weighted by atomic mass is 32.2. The first-order valence-electron chi connectivity index (χ1n) is 8.97. The monoisotopic (exact) mass is 411 g/mol. The molecule has 0 atom stereocenters. The Balaban J connectivity index is 1.57. The average Bonchev–Trinajstić information content (AvgIpc) is 2.72. The molecular formula is C21H17NO4S2. The summed E-state index contributed by atoms with van der Waals surface area (Å²) in [5.41, 5.74) is 0.833. The molecule has 142 valence electrons. The molecule has 0 unspecified atom stereocenters. The SMILES string of the molecule is O=c1cc(-c2cccc3c2Sc2ccc(O)cc2S3)oc(N2CCOCC2)c1. The smallest absolute Gasteiger partial charge is 0.200 e. The normalized spacial score (nSPS) is 15.8. The minimum Gasteiger partial charge on any atom is -0.508 e. The van der Waals surface area contributed by atoms with Crippen LogP contribution in [0.5, 0.6) is 5.75 Å². The highest BCUT2D eigenvalue weighted by Crippen LogP contribution is 2.52. The number of rotatable bonds is 2. The maximum absolute atomic E-state index is 12.4. The van der Waals surface area contributed by atoms with Crippen LogP contribution in [-0.4, -0.2) is 31.4 Å². The third-order valence-corrected chi connectivity index (χ3v) is 7.28. The van der Waals surface area contributed by atoms with Crippen LogP contribution in [0.3, 0.4) is 0 Å². The lowest BCUT2D eigenvalue weighted by molar-refractivity contribution is 0.120. The van der Waals surface area contributed by atoms with Crippen LogP contribution >= 0.6 is 23.5 Å². The van der Waals surface area contributed by atoms with Crippen molar-refractivity contribution in [2.24, 2.45) is 0 Å². The van der Waals surface area contributed by atoms with Crippen molar-refractivity contribution in [3.63, 3.8) is 0 Å². The van der Waals surface area contributed by atoms with Gasteiger partial charge in [0.15, 0.2) is 11.3 Å². The Morgan fingerprint density at radius 1 is 0.929 bits per heavy atom. The number of morpholine rings is 1. The fourth-order valence-corrected chi connectivity index (χ4v) is 5.72. The summed E-state index contributed by atoms with van der Waals surface area (Å²) in [6.07, 6.45) is 0. The molecule has 0 saturated carbocycles. The van der Waals surface area contributed by atoms with Gasteiger partial charge in [0.1, 0.15) is 11.5 Å². The Kier molecular flexibility index (Phi) is 4.58. The zero-order valence-electron chi connectivity index (χ0n) is 14.9. The molecule has 1 aromatic heterocycles. The van der Waals surface area contributed by atoms with Gasteiger partial charge in [-0.2, -0.15) is 0 Å². The number of benzene rings is 2. The molecule has 1 N–H and O–H groups in total. The van der Waals surface area contributed by atoms with Crippen molar-refractivity contribution in [2.45, 2.75) is 19.6 Å². The number of phenols is 1. The average molecular weight is 412 g/mol. The molecule has 3 aromatic rings. The second kappa shape index (κ2) is 7.24. The molecular weight excluding hydrogens is 394 g/mol. The zero-order chi connectivity index (χ0) is 19.1. The van der Waals surface area contributed by atoms with Gasteiger partial charge in [-0.25, -0.2) is 0 Å². The first-order chi connectivity index (χ1) is 13.7. The summed E-state index contributed by atoms with van der Waals surface area (Å²) in [7, 11) is 0. The van der Waals surface area contributed by atoms with Crippen molar-refractivity contribution in [1.29, 1.82) is 0 Å². The van der Waals surface area contributed by atoms with Crippen molar-refractivity contribution in [1.82, 2.24) is 0 Å². The van der Waals surface area contributed by atoms with Crippen molar-refractivity contribution >= 4 is 29.4 Å². The molecule has 28 heavy (non-hydrogen) atoms. The van der Waals surface area contributed by atoms with Gasteiger partial charge in [0.05, 0.1) is 13.2 Å². The predicted molar refractivity (Wildman–Crippen MR) is 110 cm³/mol. The molecule has 7 heteroatoms. The predicted octanol–water partition coefficient (Wildman–Crippen LogP) is 4.46. The van der Waals surface area contributed by atoms with Crippen molar-refractivity contribution in [2.75, 3.05) is 31.2 Å². The van der Waals surface area contributed by atoms with Crippen LogP contribution in [0.1, 0.15) is 0 Å². The molecule has 3 heterocycles. The summed E-state index contributed by atoms with van der Waals surface area (Å²) in [5.74, 6) is 1.42. The summed E-state index contributed by atoms with van der Waals surface area (Å²) in [6, 6.07) is 14.5. The molecule has 2 aliphatic heterocycles. The number of aromatic hydroxyl groups is 1. The van der Waals surface area contributed by atoms with Gasteiger partial charge < -0.3 is 19.2 Å². The Labute approximate surface area is 170 Å². The summed E-state index contributed by atoms with van der Waals surface area (Å²) in [6.45, 7) is 2.68. The zero-order valence-corrected chi connectivity index (χ0v) is 16.5. The van der Waals surface area contributed by atoms with E-state index in [1.54, 1.807) is 47.8 Å². The maximum atomic E-state index is 12.4. The standard InChI is InChI=1S/C21H17NO4S2/c23-13-4-5-17-19(11-13)27-18-3-1-2-15(21(18)28-17)16-10-14(24)12-20(26-16)22-6-8-25-9-7-22/h1-5,10-12,23H,6-9H2. The third kappa shape index (κ3) is 3.30. The Bertz CT molecular complexity index is 1110. The molecule has 5 rings (SSSR count). The van der Waals surface area contributed by atoms with Crippen molar-refractivity contribution < 1.29 is 14.3 Å². The maximum Gasteiger partial charge on any atom is 0.200 e. The Morgan fingerprint density at radius 2 is 1.79 bits per heavy atom. The van der Waals surface area contributed by atoms with E-state index >= 15 is 0 Å². The van der Waals surface area contributed by atoms with Gasteiger partial charge in [0.25, 0.3) is 0 Å². The van der Waals surface area contributed by atoms with E-state index in [9.17, 15) is 9.90 Å². The second-order valence-electron chi connectivity index (χ2n) is 6.56. The quantitative estimate of drug-likeness (QED) is 0.522. The van der Waals surface area contributed by atoms with E-state index in [1.165, 1.54) is 0 Å². The minimum absolute atomic E-state index is 0.0703. The van der Waals surface area contributed by atoms with Crippen LogP contribution in [0.2, 0.25) is 0 Å². The molecule has 2 aromatic carbocycles. The Hall–Kier alpha value is -2.35. The van der Waals surface area contributed by atoms with Crippen LogP contribution in [-0.2, 0) is 4.74 Å². The molecule has 0 aliphatic carbocycles. The first kappa shape index (κ1) is 17.7. The number of nitrogens with zero attached hydrogens (tertiary/aromatic N) is 1. The van der Waals surface area contributed by atoms with Crippen molar-refractivity contribution in [3.8, 4) is 17.1 Å². The van der Waals surface area contributed by atoms with Crippen LogP contribution in [0.4, 0.5) is 5.88 Å². The lowest BCUT2D eigenvalue weighted by Crippen LogP contribution is -2.36. The molecule has 1 fully saturated rings. The van der Waals surface area contributed by atoms with E-state index in [0.717, 1.165) is 25.1 Å². The van der Waals surface area contributed by atoms with E-state index in [0.29, 0.717) is 37.9 Å². The largest absolute Gasteiger partial charge is 0.508 e. The summed E-state index contributed by atoms with van der Waals surface area (Å²) in [4.78, 5) is 18.7. The van der Waals surface area contributed by atoms with Crippen LogP contribution < -0.4 is 10.3 Å².